The number of amides is 1. The van der Waals surface area contributed by atoms with Gasteiger partial charge in [-0.1, -0.05) is 11.6 Å². The summed E-state index contributed by atoms with van der Waals surface area (Å²) in [6, 6.07) is 20.4. The molecule has 134 valence electrons. The number of halogens is 1. The van der Waals surface area contributed by atoms with Crippen molar-refractivity contribution in [2.45, 2.75) is 0 Å². The van der Waals surface area contributed by atoms with E-state index in [-0.39, 0.29) is 5.91 Å². The van der Waals surface area contributed by atoms with Crippen LogP contribution in [0.2, 0.25) is 5.02 Å². The summed E-state index contributed by atoms with van der Waals surface area (Å²) in [5.74, 6) is 1.42. The lowest BCUT2D eigenvalue weighted by Gasteiger charge is -2.13. The fraction of sp³-hybridized carbons (Fsp3) is 0.0476. The monoisotopic (exact) mass is 378 g/mol. The van der Waals surface area contributed by atoms with Gasteiger partial charge < -0.3 is 14.8 Å². The van der Waals surface area contributed by atoms with Gasteiger partial charge in [0.1, 0.15) is 11.5 Å². The van der Waals surface area contributed by atoms with Crippen LogP contribution >= 0.6 is 11.6 Å². The summed E-state index contributed by atoms with van der Waals surface area (Å²) in [6.45, 7) is 0. The van der Waals surface area contributed by atoms with Crippen molar-refractivity contribution in [3.8, 4) is 23.3 Å². The van der Waals surface area contributed by atoms with E-state index in [1.165, 1.54) is 0 Å². The molecule has 0 saturated heterocycles. The van der Waals surface area contributed by atoms with Gasteiger partial charge in [-0.25, -0.2) is 0 Å². The summed E-state index contributed by atoms with van der Waals surface area (Å²) in [4.78, 5) is 12.5. The summed E-state index contributed by atoms with van der Waals surface area (Å²) < 4.78 is 11.0. The zero-order valence-corrected chi connectivity index (χ0v) is 15.2. The maximum absolute atomic E-state index is 12.5. The summed E-state index contributed by atoms with van der Waals surface area (Å²) in [5.41, 5.74) is 1.34. The van der Waals surface area contributed by atoms with Crippen molar-refractivity contribution in [2.75, 3.05) is 12.4 Å². The summed E-state index contributed by atoms with van der Waals surface area (Å²) in [6.07, 6.45) is 0. The first-order chi connectivity index (χ1) is 13.1. The molecule has 5 nitrogen and oxygen atoms in total. The van der Waals surface area contributed by atoms with Crippen LogP contribution in [0.5, 0.6) is 17.2 Å². The van der Waals surface area contributed by atoms with Crippen molar-refractivity contribution in [3.63, 3.8) is 0 Å². The number of hydrogen-bond acceptors (Lipinski definition) is 4. The molecule has 0 fully saturated rings. The maximum Gasteiger partial charge on any atom is 0.255 e. The number of nitrogens with zero attached hydrogens (tertiary/aromatic N) is 1. The van der Waals surface area contributed by atoms with E-state index in [9.17, 15) is 4.79 Å². The molecule has 3 aromatic carbocycles. The Kier molecular flexibility index (Phi) is 5.60. The van der Waals surface area contributed by atoms with Crippen molar-refractivity contribution >= 4 is 23.2 Å². The van der Waals surface area contributed by atoms with Gasteiger partial charge in [-0.05, 0) is 66.7 Å². The van der Waals surface area contributed by atoms with E-state index >= 15 is 0 Å². The van der Waals surface area contributed by atoms with Crippen LogP contribution in [0, 0.1) is 11.3 Å². The minimum atomic E-state index is -0.332. The molecule has 0 atom stereocenters. The molecule has 0 saturated carbocycles. The highest BCUT2D eigenvalue weighted by atomic mass is 35.5. The maximum atomic E-state index is 12.5. The Balaban J connectivity index is 1.82. The van der Waals surface area contributed by atoms with Crippen LogP contribution in [0.3, 0.4) is 0 Å². The third-order valence-corrected chi connectivity index (χ3v) is 3.99. The molecule has 0 aliphatic heterocycles. The second-order valence-electron chi connectivity index (χ2n) is 5.56. The number of methoxy groups -OCH3 is 1. The van der Waals surface area contributed by atoms with Gasteiger partial charge in [0, 0.05) is 10.6 Å². The summed E-state index contributed by atoms with van der Waals surface area (Å²) in [7, 11) is 1.59. The van der Waals surface area contributed by atoms with Crippen LogP contribution in [0.1, 0.15) is 15.9 Å². The van der Waals surface area contributed by atoms with Gasteiger partial charge in [-0.15, -0.1) is 0 Å². The Morgan fingerprint density at radius 1 is 1.00 bits per heavy atom. The number of hydrogen-bond donors (Lipinski definition) is 1. The molecule has 0 spiro atoms. The van der Waals surface area contributed by atoms with Crippen molar-refractivity contribution in [1.82, 2.24) is 0 Å². The van der Waals surface area contributed by atoms with E-state index in [2.05, 4.69) is 5.32 Å². The molecule has 27 heavy (non-hydrogen) atoms. The summed E-state index contributed by atoms with van der Waals surface area (Å²) in [5, 5.41) is 12.1. The number of ether oxygens (including phenoxy) is 2. The lowest BCUT2D eigenvalue weighted by Crippen LogP contribution is -2.12. The first-order valence-electron chi connectivity index (χ1n) is 8.02. The van der Waals surface area contributed by atoms with E-state index in [1.54, 1.807) is 73.8 Å². The lowest BCUT2D eigenvalue weighted by atomic mass is 10.1. The number of nitriles is 1. The zero-order valence-electron chi connectivity index (χ0n) is 14.4. The molecule has 1 N–H and O–H groups in total. The van der Waals surface area contributed by atoms with Gasteiger partial charge in [-0.3, -0.25) is 4.79 Å². The lowest BCUT2D eigenvalue weighted by molar-refractivity contribution is 0.102. The number of nitrogens with one attached hydrogen (secondary N) is 1. The van der Waals surface area contributed by atoms with Crippen molar-refractivity contribution in [3.05, 3.63) is 82.9 Å². The smallest absolute Gasteiger partial charge is 0.255 e. The fourth-order valence-electron chi connectivity index (χ4n) is 2.35. The Morgan fingerprint density at radius 3 is 2.30 bits per heavy atom. The molecular weight excluding hydrogens is 364 g/mol. The SMILES string of the molecule is COc1ccc(Oc2ccc(Cl)cc2NC(=O)c2ccc(C#N)cc2)cc1. The average molecular weight is 379 g/mol. The topological polar surface area (TPSA) is 71.3 Å². The van der Waals surface area contributed by atoms with E-state index in [1.807, 2.05) is 6.07 Å². The first kappa shape index (κ1) is 18.3. The summed E-state index contributed by atoms with van der Waals surface area (Å²) >= 11 is 6.07. The zero-order chi connectivity index (χ0) is 19.2. The quantitative estimate of drug-likeness (QED) is 0.656. The highest BCUT2D eigenvalue weighted by Gasteiger charge is 2.12. The largest absolute Gasteiger partial charge is 0.497 e. The van der Waals surface area contributed by atoms with E-state index in [0.717, 1.165) is 0 Å². The third-order valence-electron chi connectivity index (χ3n) is 3.75. The van der Waals surface area contributed by atoms with Crippen molar-refractivity contribution in [2.24, 2.45) is 0 Å². The molecule has 0 aliphatic carbocycles. The van der Waals surface area contributed by atoms with E-state index in [4.69, 9.17) is 26.3 Å². The molecule has 0 aliphatic rings. The van der Waals surface area contributed by atoms with Crippen molar-refractivity contribution in [1.29, 1.82) is 5.26 Å². The number of carbonyl (C=O) groups is 1. The Labute approximate surface area is 161 Å². The Morgan fingerprint density at radius 2 is 1.67 bits per heavy atom. The van der Waals surface area contributed by atoms with Crippen LogP contribution in [-0.4, -0.2) is 13.0 Å². The second-order valence-corrected chi connectivity index (χ2v) is 6.00. The molecule has 3 aromatic rings. The normalized spacial score (nSPS) is 9.96. The molecule has 0 bridgehead atoms. The molecule has 3 rings (SSSR count). The van der Waals surface area contributed by atoms with Crippen LogP contribution < -0.4 is 14.8 Å². The highest BCUT2D eigenvalue weighted by molar-refractivity contribution is 6.31. The van der Waals surface area contributed by atoms with Gasteiger partial charge in [-0.2, -0.15) is 5.26 Å². The number of carbonyl (C=O) groups excluding carboxylic acids is 1. The van der Waals surface area contributed by atoms with E-state index < -0.39 is 0 Å². The first-order valence-corrected chi connectivity index (χ1v) is 8.40. The molecule has 0 radical (unpaired) electrons. The van der Waals surface area contributed by atoms with E-state index in [0.29, 0.717) is 39.1 Å². The predicted molar refractivity (Wildman–Crippen MR) is 104 cm³/mol. The minimum absolute atomic E-state index is 0.332. The molecule has 0 unspecified atom stereocenters. The Hall–Kier alpha value is -3.49. The van der Waals surface area contributed by atoms with Gasteiger partial charge >= 0.3 is 0 Å². The van der Waals surface area contributed by atoms with Crippen LogP contribution in [0.4, 0.5) is 5.69 Å². The van der Waals surface area contributed by atoms with Gasteiger partial charge in [0.2, 0.25) is 0 Å². The molecule has 6 heteroatoms. The van der Waals surface area contributed by atoms with Crippen LogP contribution in [0.15, 0.2) is 66.7 Å². The molecular formula is C21H15ClN2O3. The average Bonchev–Trinajstić information content (AvgIpc) is 2.70. The minimum Gasteiger partial charge on any atom is -0.497 e. The second kappa shape index (κ2) is 8.26. The third kappa shape index (κ3) is 4.57. The van der Waals surface area contributed by atoms with Crippen LogP contribution in [0.25, 0.3) is 0 Å². The predicted octanol–water partition coefficient (Wildman–Crippen LogP) is 5.26. The molecule has 0 aromatic heterocycles. The van der Waals surface area contributed by atoms with Gasteiger partial charge in [0.05, 0.1) is 24.4 Å². The number of anilines is 1. The fourth-order valence-corrected chi connectivity index (χ4v) is 2.52. The Bertz CT molecular complexity index is 993. The number of benzene rings is 3. The highest BCUT2D eigenvalue weighted by Crippen LogP contribution is 2.33. The van der Waals surface area contributed by atoms with Gasteiger partial charge in [0.15, 0.2) is 5.75 Å². The molecule has 0 heterocycles. The standard InChI is InChI=1S/C21H15ClN2O3/c1-26-17-7-9-18(10-8-17)27-20-11-6-16(22)12-19(20)24-21(25)15-4-2-14(13-23)3-5-15/h2-12H,1H3,(H,24,25). The number of rotatable bonds is 5. The molecule has 1 amide bonds. The van der Waals surface area contributed by atoms with Crippen molar-refractivity contribution < 1.29 is 14.3 Å². The van der Waals surface area contributed by atoms with Crippen LogP contribution in [-0.2, 0) is 0 Å². The van der Waals surface area contributed by atoms with Gasteiger partial charge in [0.25, 0.3) is 5.91 Å².